The van der Waals surface area contributed by atoms with E-state index in [2.05, 4.69) is 5.32 Å². The van der Waals surface area contributed by atoms with Gasteiger partial charge in [0.05, 0.1) is 13.2 Å². The molecule has 1 aliphatic heterocycles. The van der Waals surface area contributed by atoms with Crippen molar-refractivity contribution in [2.24, 2.45) is 5.92 Å². The van der Waals surface area contributed by atoms with Crippen LogP contribution in [0.4, 0.5) is 4.39 Å². The normalized spacial score (nSPS) is 17.3. The summed E-state index contributed by atoms with van der Waals surface area (Å²) >= 11 is 0. The summed E-state index contributed by atoms with van der Waals surface area (Å²) < 4.78 is 18.1. The number of hydrogen-bond acceptors (Lipinski definition) is 3. The van der Waals surface area contributed by atoms with Gasteiger partial charge in [0.2, 0.25) is 5.91 Å². The minimum absolute atomic E-state index is 0.0579. The van der Waals surface area contributed by atoms with Crippen molar-refractivity contribution in [2.75, 3.05) is 32.8 Å². The molecule has 1 unspecified atom stereocenters. The van der Waals surface area contributed by atoms with Crippen LogP contribution < -0.4 is 5.32 Å². The number of rotatable bonds is 6. The van der Waals surface area contributed by atoms with Crippen LogP contribution in [0.1, 0.15) is 23.7 Å². The van der Waals surface area contributed by atoms with Crippen molar-refractivity contribution in [1.82, 2.24) is 10.2 Å². The van der Waals surface area contributed by atoms with E-state index in [1.807, 2.05) is 6.92 Å². The highest BCUT2D eigenvalue weighted by atomic mass is 19.1. The molecule has 2 amide bonds. The summed E-state index contributed by atoms with van der Waals surface area (Å²) in [5, 5.41) is 2.57. The van der Waals surface area contributed by atoms with Crippen LogP contribution in [0, 0.1) is 11.7 Å². The van der Waals surface area contributed by atoms with Crippen LogP contribution in [0.25, 0.3) is 0 Å². The predicted octanol–water partition coefficient (Wildman–Crippen LogP) is 1.44. The molecule has 0 radical (unpaired) electrons. The molecule has 1 atom stereocenters. The molecule has 2 rings (SSSR count). The summed E-state index contributed by atoms with van der Waals surface area (Å²) in [4.78, 5) is 25.8. The molecular formula is C16H21FN2O3. The highest BCUT2D eigenvalue weighted by Crippen LogP contribution is 2.13. The zero-order chi connectivity index (χ0) is 15.9. The van der Waals surface area contributed by atoms with Gasteiger partial charge in [-0.05, 0) is 37.6 Å². The topological polar surface area (TPSA) is 58.6 Å². The Hall–Kier alpha value is -1.95. The third-order valence-electron chi connectivity index (χ3n) is 3.74. The number of hydrogen-bond donors (Lipinski definition) is 1. The van der Waals surface area contributed by atoms with Crippen LogP contribution in [-0.4, -0.2) is 49.6 Å². The fourth-order valence-electron chi connectivity index (χ4n) is 2.42. The molecule has 1 saturated heterocycles. The molecule has 5 nitrogen and oxygen atoms in total. The monoisotopic (exact) mass is 308 g/mol. The number of likely N-dealkylation sites (N-methyl/N-ethyl adjacent to an activating group) is 1. The van der Waals surface area contributed by atoms with Crippen LogP contribution >= 0.6 is 0 Å². The molecule has 1 aliphatic rings. The average Bonchev–Trinajstić information content (AvgIpc) is 3.03. The first kappa shape index (κ1) is 16.4. The maximum atomic E-state index is 12.8. The molecular weight excluding hydrogens is 287 g/mol. The summed E-state index contributed by atoms with van der Waals surface area (Å²) in [6.45, 7) is 4.54. The maximum Gasteiger partial charge on any atom is 0.251 e. The summed E-state index contributed by atoms with van der Waals surface area (Å²) in [5.41, 5.74) is 0.335. The van der Waals surface area contributed by atoms with Gasteiger partial charge in [-0.15, -0.1) is 0 Å². The lowest BCUT2D eigenvalue weighted by molar-refractivity contribution is -0.130. The lowest BCUT2D eigenvalue weighted by Crippen LogP contribution is -2.42. The van der Waals surface area contributed by atoms with E-state index in [4.69, 9.17) is 4.74 Å². The van der Waals surface area contributed by atoms with E-state index in [0.29, 0.717) is 31.2 Å². The Morgan fingerprint density at radius 2 is 2.09 bits per heavy atom. The van der Waals surface area contributed by atoms with Gasteiger partial charge in [0.25, 0.3) is 5.91 Å². The largest absolute Gasteiger partial charge is 0.381 e. The van der Waals surface area contributed by atoms with Crippen LogP contribution in [-0.2, 0) is 9.53 Å². The summed E-state index contributed by atoms with van der Waals surface area (Å²) in [6.07, 6.45) is 0.964. The molecule has 22 heavy (non-hydrogen) atoms. The highest BCUT2D eigenvalue weighted by Gasteiger charge is 2.21. The minimum atomic E-state index is -0.399. The summed E-state index contributed by atoms with van der Waals surface area (Å²) in [7, 11) is 0. The van der Waals surface area contributed by atoms with E-state index in [9.17, 15) is 14.0 Å². The van der Waals surface area contributed by atoms with Crippen molar-refractivity contribution in [1.29, 1.82) is 0 Å². The van der Waals surface area contributed by atoms with Gasteiger partial charge in [0, 0.05) is 31.2 Å². The van der Waals surface area contributed by atoms with Gasteiger partial charge in [-0.3, -0.25) is 9.59 Å². The van der Waals surface area contributed by atoms with Gasteiger partial charge in [0.15, 0.2) is 0 Å². The molecule has 6 heteroatoms. The predicted molar refractivity (Wildman–Crippen MR) is 79.9 cm³/mol. The van der Waals surface area contributed by atoms with Crippen molar-refractivity contribution in [2.45, 2.75) is 13.3 Å². The van der Waals surface area contributed by atoms with Crippen LogP contribution in [0.5, 0.6) is 0 Å². The van der Waals surface area contributed by atoms with Gasteiger partial charge in [-0.1, -0.05) is 0 Å². The summed E-state index contributed by atoms with van der Waals surface area (Å²) in [5.74, 6) is -0.529. The lowest BCUT2D eigenvalue weighted by atomic mass is 10.1. The van der Waals surface area contributed by atoms with Crippen LogP contribution in [0.15, 0.2) is 24.3 Å². The van der Waals surface area contributed by atoms with Gasteiger partial charge in [0.1, 0.15) is 5.82 Å². The first-order valence-corrected chi connectivity index (χ1v) is 7.49. The van der Waals surface area contributed by atoms with Crippen LogP contribution in [0.2, 0.25) is 0 Å². The first-order chi connectivity index (χ1) is 10.6. The second-order valence-corrected chi connectivity index (χ2v) is 5.35. The van der Waals surface area contributed by atoms with E-state index in [1.54, 1.807) is 4.90 Å². The van der Waals surface area contributed by atoms with E-state index < -0.39 is 5.82 Å². The Morgan fingerprint density at radius 3 is 2.68 bits per heavy atom. The molecule has 0 spiro atoms. The van der Waals surface area contributed by atoms with E-state index >= 15 is 0 Å². The second kappa shape index (κ2) is 7.89. The molecule has 1 fully saturated rings. The molecule has 1 N–H and O–H groups in total. The Kier molecular flexibility index (Phi) is 5.89. The van der Waals surface area contributed by atoms with E-state index in [-0.39, 0.29) is 18.4 Å². The molecule has 0 aromatic heterocycles. The number of ether oxygens (including phenoxy) is 1. The lowest BCUT2D eigenvalue weighted by Gasteiger charge is -2.23. The highest BCUT2D eigenvalue weighted by molar-refractivity contribution is 5.96. The van der Waals surface area contributed by atoms with Gasteiger partial charge in [-0.25, -0.2) is 4.39 Å². The Morgan fingerprint density at radius 1 is 1.36 bits per heavy atom. The van der Waals surface area contributed by atoms with Gasteiger partial charge >= 0.3 is 0 Å². The molecule has 1 heterocycles. The molecule has 0 bridgehead atoms. The second-order valence-electron chi connectivity index (χ2n) is 5.35. The molecule has 1 aromatic rings. The number of amides is 2. The fraction of sp³-hybridized carbons (Fsp3) is 0.500. The standard InChI is InChI=1S/C16H21FN2O3/c1-2-19(10-12-7-8-22-11-12)15(20)9-18-16(21)13-3-5-14(17)6-4-13/h3-6,12H,2,7-11H2,1H3,(H,18,21). The zero-order valence-electron chi connectivity index (χ0n) is 12.7. The zero-order valence-corrected chi connectivity index (χ0v) is 12.7. The number of carbonyl (C=O) groups excluding carboxylic acids is 2. The third kappa shape index (κ3) is 4.53. The number of carbonyl (C=O) groups is 2. The fourth-order valence-corrected chi connectivity index (χ4v) is 2.42. The maximum absolute atomic E-state index is 12.8. The Balaban J connectivity index is 1.82. The van der Waals surface area contributed by atoms with Gasteiger partial charge < -0.3 is 15.0 Å². The number of benzene rings is 1. The molecule has 0 saturated carbocycles. The van der Waals surface area contributed by atoms with Crippen molar-refractivity contribution < 1.29 is 18.7 Å². The van der Waals surface area contributed by atoms with Crippen LogP contribution in [0.3, 0.4) is 0 Å². The van der Waals surface area contributed by atoms with Gasteiger partial charge in [-0.2, -0.15) is 0 Å². The average molecular weight is 308 g/mol. The third-order valence-corrected chi connectivity index (χ3v) is 3.74. The first-order valence-electron chi connectivity index (χ1n) is 7.49. The van der Waals surface area contributed by atoms with Crippen molar-refractivity contribution in [3.8, 4) is 0 Å². The Bertz CT molecular complexity index is 513. The number of nitrogens with zero attached hydrogens (tertiary/aromatic N) is 1. The van der Waals surface area contributed by atoms with E-state index in [1.165, 1.54) is 24.3 Å². The molecule has 1 aromatic carbocycles. The van der Waals surface area contributed by atoms with E-state index in [0.717, 1.165) is 13.0 Å². The van der Waals surface area contributed by atoms with Crippen molar-refractivity contribution in [3.63, 3.8) is 0 Å². The Labute approximate surface area is 129 Å². The van der Waals surface area contributed by atoms with Crippen molar-refractivity contribution >= 4 is 11.8 Å². The smallest absolute Gasteiger partial charge is 0.251 e. The quantitative estimate of drug-likeness (QED) is 0.865. The molecule has 0 aliphatic carbocycles. The molecule has 120 valence electrons. The minimum Gasteiger partial charge on any atom is -0.381 e. The number of halogens is 1. The summed E-state index contributed by atoms with van der Waals surface area (Å²) in [6, 6.07) is 5.22. The number of nitrogens with one attached hydrogen (secondary N) is 1. The van der Waals surface area contributed by atoms with Crippen molar-refractivity contribution in [3.05, 3.63) is 35.6 Å². The SMILES string of the molecule is CCN(CC1CCOC1)C(=O)CNC(=O)c1ccc(F)cc1.